The molecular formula is C25H27N3O4. The van der Waals surface area contributed by atoms with Gasteiger partial charge >= 0.3 is 0 Å². The highest BCUT2D eigenvalue weighted by Crippen LogP contribution is 2.15. The van der Waals surface area contributed by atoms with E-state index in [1.165, 1.54) is 6.20 Å². The van der Waals surface area contributed by atoms with Crippen molar-refractivity contribution in [3.05, 3.63) is 75.2 Å². The van der Waals surface area contributed by atoms with Gasteiger partial charge in [0.1, 0.15) is 12.2 Å². The number of amides is 1. The minimum Gasteiger partial charge on any atom is -0.376 e. The van der Waals surface area contributed by atoms with Gasteiger partial charge in [-0.3, -0.25) is 14.4 Å². The Hall–Kier alpha value is -3.32. The zero-order valence-electron chi connectivity index (χ0n) is 18.4. The van der Waals surface area contributed by atoms with Crippen molar-refractivity contribution in [3.63, 3.8) is 0 Å². The molecule has 1 atom stereocenters. The lowest BCUT2D eigenvalue weighted by Gasteiger charge is -2.15. The number of hydrogen-bond acceptors (Lipinski definition) is 5. The van der Waals surface area contributed by atoms with Crippen LogP contribution in [0.4, 0.5) is 0 Å². The van der Waals surface area contributed by atoms with E-state index in [0.29, 0.717) is 23.1 Å². The van der Waals surface area contributed by atoms with Gasteiger partial charge in [0.25, 0.3) is 0 Å². The van der Waals surface area contributed by atoms with Crippen LogP contribution in [0.25, 0.3) is 11.0 Å². The van der Waals surface area contributed by atoms with Crippen LogP contribution in [0.3, 0.4) is 0 Å². The number of nitrogens with zero attached hydrogens (tertiary/aromatic N) is 2. The maximum Gasteiger partial charge on any atom is 0.240 e. The zero-order valence-corrected chi connectivity index (χ0v) is 18.4. The third-order valence-corrected chi connectivity index (χ3v) is 5.79. The Balaban J connectivity index is 1.68. The quantitative estimate of drug-likeness (QED) is 0.579. The smallest absolute Gasteiger partial charge is 0.240 e. The van der Waals surface area contributed by atoms with E-state index in [-0.39, 0.29) is 35.3 Å². The van der Waals surface area contributed by atoms with Gasteiger partial charge in [-0.1, -0.05) is 31.2 Å². The minimum absolute atomic E-state index is 0.0272. The van der Waals surface area contributed by atoms with Crippen LogP contribution >= 0.6 is 0 Å². The second-order valence-corrected chi connectivity index (χ2v) is 8.14. The molecule has 1 N–H and O–H groups in total. The van der Waals surface area contributed by atoms with E-state index < -0.39 is 0 Å². The van der Waals surface area contributed by atoms with E-state index in [0.717, 1.165) is 37.1 Å². The summed E-state index contributed by atoms with van der Waals surface area (Å²) >= 11 is 0. The number of carbonyl (C=O) groups excluding carboxylic acids is 2. The van der Waals surface area contributed by atoms with E-state index >= 15 is 0 Å². The van der Waals surface area contributed by atoms with Gasteiger partial charge in [0.2, 0.25) is 11.3 Å². The van der Waals surface area contributed by atoms with Gasteiger partial charge in [0, 0.05) is 30.6 Å². The Morgan fingerprint density at radius 3 is 2.66 bits per heavy atom. The first-order chi connectivity index (χ1) is 15.5. The average molecular weight is 434 g/mol. The topological polar surface area (TPSA) is 90.3 Å². The fourth-order valence-electron chi connectivity index (χ4n) is 3.93. The Morgan fingerprint density at radius 1 is 1.19 bits per heavy atom. The monoisotopic (exact) mass is 433 g/mol. The normalized spacial score (nSPS) is 15.8. The molecule has 3 heterocycles. The fourth-order valence-corrected chi connectivity index (χ4v) is 3.93. The molecule has 2 aromatic heterocycles. The van der Waals surface area contributed by atoms with Gasteiger partial charge in [-0.25, -0.2) is 4.98 Å². The van der Waals surface area contributed by atoms with E-state index in [1.54, 1.807) is 28.8 Å². The molecule has 1 unspecified atom stereocenters. The van der Waals surface area contributed by atoms with Crippen LogP contribution in [-0.2, 0) is 22.5 Å². The second-order valence-electron chi connectivity index (χ2n) is 8.14. The molecular weight excluding hydrogens is 406 g/mol. The first-order valence-corrected chi connectivity index (χ1v) is 11.0. The van der Waals surface area contributed by atoms with Gasteiger partial charge in [-0.15, -0.1) is 0 Å². The van der Waals surface area contributed by atoms with Crippen LogP contribution in [0, 0.1) is 6.92 Å². The summed E-state index contributed by atoms with van der Waals surface area (Å²) in [5, 5.41) is 3.20. The number of aromatic nitrogens is 2. The van der Waals surface area contributed by atoms with Crippen molar-refractivity contribution in [1.29, 1.82) is 0 Å². The highest BCUT2D eigenvalue weighted by molar-refractivity contribution is 6.10. The number of fused-ring (bicyclic) bond motifs is 1. The van der Waals surface area contributed by atoms with E-state index in [9.17, 15) is 14.4 Å². The molecule has 1 aromatic carbocycles. The van der Waals surface area contributed by atoms with E-state index in [2.05, 4.69) is 10.3 Å². The molecule has 1 fully saturated rings. The number of nitrogens with one attached hydrogen (secondary N) is 1. The molecule has 1 amide bonds. The molecule has 1 saturated heterocycles. The summed E-state index contributed by atoms with van der Waals surface area (Å²) in [7, 11) is 0. The largest absolute Gasteiger partial charge is 0.376 e. The highest BCUT2D eigenvalue weighted by Gasteiger charge is 2.20. The van der Waals surface area contributed by atoms with Gasteiger partial charge < -0.3 is 14.6 Å². The van der Waals surface area contributed by atoms with Crippen molar-refractivity contribution < 1.29 is 14.3 Å². The predicted octanol–water partition coefficient (Wildman–Crippen LogP) is 2.79. The van der Waals surface area contributed by atoms with Crippen LogP contribution < -0.4 is 10.7 Å². The van der Waals surface area contributed by atoms with E-state index in [4.69, 9.17) is 4.74 Å². The van der Waals surface area contributed by atoms with Crippen molar-refractivity contribution in [2.75, 3.05) is 13.2 Å². The van der Waals surface area contributed by atoms with Crippen molar-refractivity contribution in [3.8, 4) is 0 Å². The van der Waals surface area contributed by atoms with Crippen molar-refractivity contribution in [2.45, 2.75) is 45.8 Å². The third kappa shape index (κ3) is 4.62. The van der Waals surface area contributed by atoms with Gasteiger partial charge in [-0.05, 0) is 43.9 Å². The lowest BCUT2D eigenvalue weighted by atomic mass is 10.0. The summed E-state index contributed by atoms with van der Waals surface area (Å²) in [4.78, 5) is 43.4. The Kier molecular flexibility index (Phi) is 6.46. The molecule has 4 rings (SSSR count). The number of aryl methyl sites for hydroxylation is 2. The number of rotatable bonds is 7. The minimum atomic E-state index is -0.381. The summed E-state index contributed by atoms with van der Waals surface area (Å²) < 4.78 is 7.14. The highest BCUT2D eigenvalue weighted by atomic mass is 16.5. The summed E-state index contributed by atoms with van der Waals surface area (Å²) in [6.45, 7) is 4.98. The molecule has 7 nitrogen and oxygen atoms in total. The number of carbonyl (C=O) groups is 2. The molecule has 0 saturated carbocycles. The summed E-state index contributed by atoms with van der Waals surface area (Å²) in [5.41, 5.74) is 2.31. The standard InChI is InChI=1S/C25H27N3O4/c1-3-17-7-9-18(10-8-17)23(30)21-14-28(15-22(29)26-13-19-5-4-12-32-19)25-20(24(21)31)11-6-16(2)27-25/h6-11,14,19H,3-5,12-13,15H2,1-2H3,(H,26,29). The van der Waals surface area contributed by atoms with Gasteiger partial charge in [0.05, 0.1) is 17.1 Å². The predicted molar refractivity (Wildman–Crippen MR) is 122 cm³/mol. The van der Waals surface area contributed by atoms with Crippen LogP contribution in [0.5, 0.6) is 0 Å². The number of hydrogen-bond donors (Lipinski definition) is 1. The third-order valence-electron chi connectivity index (χ3n) is 5.79. The first kappa shape index (κ1) is 21.9. The number of pyridine rings is 2. The van der Waals surface area contributed by atoms with Crippen molar-refractivity contribution in [1.82, 2.24) is 14.9 Å². The molecule has 3 aromatic rings. The molecule has 0 aliphatic carbocycles. The van der Waals surface area contributed by atoms with Gasteiger partial charge in [-0.2, -0.15) is 0 Å². The maximum absolute atomic E-state index is 13.2. The molecule has 1 aliphatic heterocycles. The van der Waals surface area contributed by atoms with Crippen LogP contribution in [0.1, 0.15) is 46.9 Å². The molecule has 0 bridgehead atoms. The molecule has 0 spiro atoms. The SMILES string of the molecule is CCc1ccc(C(=O)c2cn(CC(=O)NCC3CCCO3)c3nc(C)ccc3c2=O)cc1. The average Bonchev–Trinajstić information content (AvgIpc) is 3.33. The van der Waals surface area contributed by atoms with Crippen molar-refractivity contribution >= 4 is 22.7 Å². The Bertz CT molecular complexity index is 1210. The molecule has 1 aliphatic rings. The summed E-state index contributed by atoms with van der Waals surface area (Å²) in [6, 6.07) is 10.6. The lowest BCUT2D eigenvalue weighted by Crippen LogP contribution is -2.34. The Morgan fingerprint density at radius 2 is 1.97 bits per heavy atom. The molecule has 0 radical (unpaired) electrons. The van der Waals surface area contributed by atoms with Crippen LogP contribution in [-0.4, -0.2) is 40.5 Å². The van der Waals surface area contributed by atoms with Crippen LogP contribution in [0.15, 0.2) is 47.4 Å². The zero-order chi connectivity index (χ0) is 22.7. The number of benzene rings is 1. The second kappa shape index (κ2) is 9.44. The van der Waals surface area contributed by atoms with Gasteiger partial charge in [0.15, 0.2) is 5.78 Å². The van der Waals surface area contributed by atoms with E-state index in [1.807, 2.05) is 26.0 Å². The summed E-state index contributed by atoms with van der Waals surface area (Å²) in [5.74, 6) is -0.590. The maximum atomic E-state index is 13.2. The number of ketones is 1. The van der Waals surface area contributed by atoms with Crippen LogP contribution in [0.2, 0.25) is 0 Å². The fraction of sp³-hybridized carbons (Fsp3) is 0.360. The van der Waals surface area contributed by atoms with Crippen molar-refractivity contribution in [2.24, 2.45) is 0 Å². The lowest BCUT2D eigenvalue weighted by molar-refractivity contribution is -0.122. The summed E-state index contributed by atoms with van der Waals surface area (Å²) in [6.07, 6.45) is 4.28. The molecule has 32 heavy (non-hydrogen) atoms. The number of ether oxygens (including phenoxy) is 1. The molecule has 7 heteroatoms. The Labute approximate surface area is 186 Å². The first-order valence-electron chi connectivity index (χ1n) is 11.0. The molecule has 166 valence electrons.